The number of carbonyl (C=O) groups excluding carboxylic acids is 1. The molecule has 4 saturated carbocycles. The fourth-order valence-electron chi connectivity index (χ4n) is 9.05. The summed E-state index contributed by atoms with van der Waals surface area (Å²) in [4.78, 5) is 12.3. The molecule has 5 heteroatoms. The van der Waals surface area contributed by atoms with E-state index in [1.807, 2.05) is 13.8 Å². The number of ether oxygens (including phenoxy) is 1. The number of hydrogen-bond acceptors (Lipinski definition) is 5. The first-order valence-corrected chi connectivity index (χ1v) is 13.8. The van der Waals surface area contributed by atoms with Crippen LogP contribution in [-0.2, 0) is 9.53 Å². The summed E-state index contributed by atoms with van der Waals surface area (Å²) >= 11 is 0. The van der Waals surface area contributed by atoms with Gasteiger partial charge >= 0.3 is 5.97 Å². The Kier molecular flexibility index (Phi) is 7.27. The number of aliphatic hydroxyl groups excluding tert-OH is 3. The van der Waals surface area contributed by atoms with E-state index in [-0.39, 0.29) is 47.1 Å². The summed E-state index contributed by atoms with van der Waals surface area (Å²) in [5, 5.41) is 33.3. The van der Waals surface area contributed by atoms with Crippen molar-refractivity contribution < 1.29 is 24.9 Å². The molecule has 5 nitrogen and oxygen atoms in total. The molecule has 4 fully saturated rings. The Hall–Kier alpha value is -0.650. The summed E-state index contributed by atoms with van der Waals surface area (Å²) < 4.78 is 5.48. The average Bonchev–Trinajstić information content (AvgIpc) is 3.12. The minimum absolute atomic E-state index is 0.0304. The highest BCUT2D eigenvalue weighted by molar-refractivity contribution is 5.69. The topological polar surface area (TPSA) is 87.0 Å². The molecule has 4 aliphatic carbocycles. The fourth-order valence-corrected chi connectivity index (χ4v) is 9.05. The smallest absolute Gasteiger partial charge is 0.306 e. The lowest BCUT2D eigenvalue weighted by molar-refractivity contribution is -0.207. The van der Waals surface area contributed by atoms with Gasteiger partial charge in [-0.15, -0.1) is 0 Å². The molecule has 190 valence electrons. The Morgan fingerprint density at radius 1 is 1.03 bits per heavy atom. The van der Waals surface area contributed by atoms with Gasteiger partial charge in [-0.25, -0.2) is 0 Å². The van der Waals surface area contributed by atoms with Gasteiger partial charge in [-0.3, -0.25) is 4.79 Å². The Labute approximate surface area is 200 Å². The van der Waals surface area contributed by atoms with Crippen LogP contribution in [0.2, 0.25) is 0 Å². The summed E-state index contributed by atoms with van der Waals surface area (Å²) in [5.74, 6) is 1.83. The third-order valence-electron chi connectivity index (χ3n) is 11.2. The Balaban J connectivity index is 1.49. The summed E-state index contributed by atoms with van der Waals surface area (Å²) in [6.45, 7) is 10.9. The van der Waals surface area contributed by atoms with Crippen molar-refractivity contribution in [1.82, 2.24) is 0 Å². The van der Waals surface area contributed by atoms with E-state index in [1.54, 1.807) is 0 Å². The van der Waals surface area contributed by atoms with E-state index >= 15 is 0 Å². The minimum atomic E-state index is -0.375. The molecule has 3 N–H and O–H groups in total. The summed E-state index contributed by atoms with van der Waals surface area (Å²) in [6, 6.07) is 0. The van der Waals surface area contributed by atoms with Crippen molar-refractivity contribution in [1.29, 1.82) is 0 Å². The number of esters is 1. The third kappa shape index (κ3) is 4.29. The second kappa shape index (κ2) is 9.43. The van der Waals surface area contributed by atoms with Gasteiger partial charge in [-0.05, 0) is 111 Å². The molecule has 0 bridgehead atoms. The van der Waals surface area contributed by atoms with Gasteiger partial charge in [-0.1, -0.05) is 27.7 Å². The van der Waals surface area contributed by atoms with Crippen LogP contribution >= 0.6 is 0 Å². The number of carbonyl (C=O) groups is 1. The molecular formula is C28H48O5. The van der Waals surface area contributed by atoms with Gasteiger partial charge in [0.1, 0.15) is 0 Å². The average molecular weight is 465 g/mol. The molecule has 12 atom stereocenters. The van der Waals surface area contributed by atoms with Gasteiger partial charge in [0.25, 0.3) is 0 Å². The maximum atomic E-state index is 12.3. The van der Waals surface area contributed by atoms with Crippen molar-refractivity contribution in [3.05, 3.63) is 0 Å². The zero-order valence-corrected chi connectivity index (χ0v) is 21.5. The van der Waals surface area contributed by atoms with E-state index < -0.39 is 0 Å². The van der Waals surface area contributed by atoms with Crippen molar-refractivity contribution in [2.45, 2.75) is 123 Å². The molecule has 0 aromatic rings. The maximum absolute atomic E-state index is 12.3. The fraction of sp³-hybridized carbons (Fsp3) is 0.964. The van der Waals surface area contributed by atoms with Crippen LogP contribution < -0.4 is 0 Å². The molecule has 4 aliphatic rings. The number of aliphatic hydroxyl groups is 3. The van der Waals surface area contributed by atoms with Crippen LogP contribution in [0.4, 0.5) is 0 Å². The van der Waals surface area contributed by atoms with E-state index in [2.05, 4.69) is 20.8 Å². The molecule has 0 aromatic carbocycles. The van der Waals surface area contributed by atoms with Gasteiger partial charge in [0.2, 0.25) is 0 Å². The first kappa shape index (κ1) is 25.4. The molecule has 0 spiro atoms. The molecule has 0 amide bonds. The van der Waals surface area contributed by atoms with Crippen molar-refractivity contribution in [2.24, 2.45) is 46.3 Å². The first-order valence-electron chi connectivity index (χ1n) is 13.8. The Morgan fingerprint density at radius 3 is 2.45 bits per heavy atom. The number of hydrogen-bond donors (Lipinski definition) is 3. The van der Waals surface area contributed by atoms with Crippen LogP contribution in [0.15, 0.2) is 0 Å². The summed E-state index contributed by atoms with van der Waals surface area (Å²) in [5.41, 5.74) is -0.103. The second-order valence-corrected chi connectivity index (χ2v) is 12.8. The molecule has 0 heterocycles. The predicted molar refractivity (Wildman–Crippen MR) is 128 cm³/mol. The zero-order chi connectivity index (χ0) is 24.1. The normalized spacial score (nSPS) is 48.8. The SMILES string of the molecule is CCC(C)OC(=O)CCC(C)C1CCC2C3C(C[C@H](O)C12C)C1(C)CC[C@@H](O)CC1C[C@H]3O. The van der Waals surface area contributed by atoms with Crippen LogP contribution in [-0.4, -0.2) is 45.7 Å². The second-order valence-electron chi connectivity index (χ2n) is 12.8. The monoisotopic (exact) mass is 464 g/mol. The van der Waals surface area contributed by atoms with Crippen molar-refractivity contribution >= 4 is 5.97 Å². The van der Waals surface area contributed by atoms with Crippen LogP contribution in [0, 0.1) is 46.3 Å². The maximum Gasteiger partial charge on any atom is 0.306 e. The molecule has 0 aromatic heterocycles. The van der Waals surface area contributed by atoms with Crippen LogP contribution in [0.3, 0.4) is 0 Å². The van der Waals surface area contributed by atoms with E-state index in [4.69, 9.17) is 4.74 Å². The van der Waals surface area contributed by atoms with Gasteiger partial charge in [0, 0.05) is 6.42 Å². The third-order valence-corrected chi connectivity index (χ3v) is 11.2. The lowest BCUT2D eigenvalue weighted by atomic mass is 9.43. The highest BCUT2D eigenvalue weighted by atomic mass is 16.5. The van der Waals surface area contributed by atoms with Crippen LogP contribution in [0.1, 0.15) is 98.8 Å². The summed E-state index contributed by atoms with van der Waals surface area (Å²) in [7, 11) is 0. The largest absolute Gasteiger partial charge is 0.463 e. The van der Waals surface area contributed by atoms with E-state index in [0.717, 1.165) is 57.8 Å². The molecule has 4 rings (SSSR count). The van der Waals surface area contributed by atoms with Crippen LogP contribution in [0.25, 0.3) is 0 Å². The number of rotatable bonds is 6. The van der Waals surface area contributed by atoms with Gasteiger partial charge in [0.15, 0.2) is 0 Å². The molecule has 33 heavy (non-hydrogen) atoms. The van der Waals surface area contributed by atoms with Gasteiger partial charge < -0.3 is 20.1 Å². The van der Waals surface area contributed by atoms with E-state index in [9.17, 15) is 20.1 Å². The Bertz CT molecular complexity index is 710. The van der Waals surface area contributed by atoms with Crippen molar-refractivity contribution in [3.63, 3.8) is 0 Å². The van der Waals surface area contributed by atoms with Crippen molar-refractivity contribution in [2.75, 3.05) is 0 Å². The molecule has 0 saturated heterocycles. The first-order chi connectivity index (χ1) is 15.5. The molecular weight excluding hydrogens is 416 g/mol. The van der Waals surface area contributed by atoms with Crippen LogP contribution in [0.5, 0.6) is 0 Å². The molecule has 9 unspecified atom stereocenters. The van der Waals surface area contributed by atoms with E-state index in [1.165, 1.54) is 0 Å². The molecule has 0 aliphatic heterocycles. The highest BCUT2D eigenvalue weighted by Crippen LogP contribution is 2.68. The quantitative estimate of drug-likeness (QED) is 0.496. The predicted octanol–water partition coefficient (Wildman–Crippen LogP) is 4.71. The summed E-state index contributed by atoms with van der Waals surface area (Å²) in [6.07, 6.45) is 7.39. The van der Waals surface area contributed by atoms with Crippen molar-refractivity contribution in [3.8, 4) is 0 Å². The minimum Gasteiger partial charge on any atom is -0.463 e. The number of fused-ring (bicyclic) bond motifs is 5. The van der Waals surface area contributed by atoms with Gasteiger partial charge in [0.05, 0.1) is 24.4 Å². The lowest BCUT2D eigenvalue weighted by Crippen LogP contribution is -2.62. The lowest BCUT2D eigenvalue weighted by Gasteiger charge is -2.63. The highest BCUT2D eigenvalue weighted by Gasteiger charge is 2.65. The van der Waals surface area contributed by atoms with E-state index in [0.29, 0.717) is 36.0 Å². The Morgan fingerprint density at radius 2 is 1.76 bits per heavy atom. The zero-order valence-electron chi connectivity index (χ0n) is 21.5. The molecule has 0 radical (unpaired) electrons. The van der Waals surface area contributed by atoms with Gasteiger partial charge in [-0.2, -0.15) is 0 Å². The standard InChI is InChI=1S/C28H48O5/c1-6-17(3)33-25(32)10-7-16(2)20-8-9-21-26-22(15-24(31)28(20,21)5)27(4)12-11-19(29)13-18(27)14-23(26)30/h16-24,26,29-31H,6-15H2,1-5H3/t16?,17?,18?,19-,20?,21?,22?,23-,24+,26?,27?,28?/m1/s1.